The molecule has 0 bridgehead atoms. The number of isothiocyanates is 1. The highest BCUT2D eigenvalue weighted by molar-refractivity contribution is 7.78. The number of ketones is 2. The van der Waals surface area contributed by atoms with Crippen molar-refractivity contribution in [3.05, 3.63) is 23.9 Å². The van der Waals surface area contributed by atoms with Gasteiger partial charge in [0.25, 0.3) is 0 Å². The van der Waals surface area contributed by atoms with Crippen molar-refractivity contribution in [2.24, 2.45) is 5.73 Å². The summed E-state index contributed by atoms with van der Waals surface area (Å²) < 4.78 is 0. The fourth-order valence-electron chi connectivity index (χ4n) is 0.527. The molecule has 0 radical (unpaired) electrons. The molecule has 0 aromatic carbocycles. The van der Waals surface area contributed by atoms with Crippen molar-refractivity contribution < 1.29 is 9.59 Å². The van der Waals surface area contributed by atoms with Gasteiger partial charge in [0.2, 0.25) is 5.78 Å². The molecule has 0 aromatic rings. The summed E-state index contributed by atoms with van der Waals surface area (Å²) >= 11 is 3.81. The molecule has 1 aliphatic rings. The third-order valence-corrected chi connectivity index (χ3v) is 0.981. The van der Waals surface area contributed by atoms with E-state index in [1.165, 1.54) is 6.08 Å². The first-order valence-corrected chi connectivity index (χ1v) is 3.30. The molecular weight excluding hydrogens is 176 g/mol. The molecule has 5 heteroatoms. The van der Waals surface area contributed by atoms with Crippen molar-refractivity contribution in [3.63, 3.8) is 0 Å². The summed E-state index contributed by atoms with van der Waals surface area (Å²) in [6.07, 6.45) is 3.47. The Morgan fingerprint density at radius 1 is 1.42 bits per heavy atom. The minimum absolute atomic E-state index is 0.0162. The average molecular weight is 182 g/mol. The second kappa shape index (κ2) is 5.12. The van der Waals surface area contributed by atoms with Gasteiger partial charge in [-0.1, -0.05) is 0 Å². The molecule has 62 valence electrons. The summed E-state index contributed by atoms with van der Waals surface area (Å²) in [5, 5.41) is 7.36. The smallest absolute Gasteiger partial charge is 0.201 e. The van der Waals surface area contributed by atoms with E-state index in [9.17, 15) is 9.59 Å². The first-order chi connectivity index (χ1) is 5.61. The van der Waals surface area contributed by atoms with Crippen molar-refractivity contribution in [3.8, 4) is 0 Å². The number of nitrogens with one attached hydrogen (secondary N) is 1. The van der Waals surface area contributed by atoms with E-state index in [1.807, 2.05) is 0 Å². The Bertz CT molecular complexity index is 299. The molecule has 0 fully saturated rings. The van der Waals surface area contributed by atoms with E-state index < -0.39 is 0 Å². The Morgan fingerprint density at radius 3 is 2.25 bits per heavy atom. The van der Waals surface area contributed by atoms with Crippen LogP contribution in [0.25, 0.3) is 0 Å². The van der Waals surface area contributed by atoms with Crippen molar-refractivity contribution in [2.75, 3.05) is 0 Å². The fourth-order valence-corrected chi connectivity index (χ4v) is 0.527. The quantitative estimate of drug-likeness (QED) is 0.318. The highest BCUT2D eigenvalue weighted by Crippen LogP contribution is 1.97. The van der Waals surface area contributed by atoms with Gasteiger partial charge < -0.3 is 5.73 Å². The molecule has 4 nitrogen and oxygen atoms in total. The second-order valence-corrected chi connectivity index (χ2v) is 2.01. The van der Waals surface area contributed by atoms with Crippen LogP contribution in [0, 0.1) is 5.41 Å². The van der Waals surface area contributed by atoms with Crippen LogP contribution in [0.1, 0.15) is 0 Å². The minimum Gasteiger partial charge on any atom is -0.395 e. The first kappa shape index (κ1) is 10.4. The van der Waals surface area contributed by atoms with E-state index in [0.29, 0.717) is 0 Å². The monoisotopic (exact) mass is 182 g/mol. The molecule has 0 spiro atoms. The summed E-state index contributed by atoms with van der Waals surface area (Å²) in [6.45, 7) is 0. The van der Waals surface area contributed by atoms with E-state index in [4.69, 9.17) is 11.1 Å². The molecule has 1 aliphatic carbocycles. The molecule has 1 rings (SSSR count). The van der Waals surface area contributed by atoms with E-state index in [1.54, 1.807) is 5.16 Å². The summed E-state index contributed by atoms with van der Waals surface area (Å²) in [6, 6.07) is 0. The minimum atomic E-state index is -0.297. The molecule has 3 N–H and O–H groups in total. The van der Waals surface area contributed by atoms with Gasteiger partial charge in [0.1, 0.15) is 0 Å². The Hall–Kier alpha value is -1.58. The zero-order valence-corrected chi connectivity index (χ0v) is 6.85. The van der Waals surface area contributed by atoms with Crippen LogP contribution in [-0.2, 0) is 9.59 Å². The Kier molecular flexibility index (Phi) is 4.45. The van der Waals surface area contributed by atoms with Crippen molar-refractivity contribution in [1.29, 1.82) is 5.41 Å². The maximum atomic E-state index is 10.5. The predicted molar refractivity (Wildman–Crippen MR) is 46.7 cm³/mol. The summed E-state index contributed by atoms with van der Waals surface area (Å²) in [5.74, 6) is -0.526. The van der Waals surface area contributed by atoms with Crippen LogP contribution in [0.2, 0.25) is 0 Å². The molecule has 0 saturated heterocycles. The van der Waals surface area contributed by atoms with E-state index in [-0.39, 0.29) is 17.3 Å². The summed E-state index contributed by atoms with van der Waals surface area (Å²) in [4.78, 5) is 20.9. The van der Waals surface area contributed by atoms with Crippen molar-refractivity contribution in [1.82, 2.24) is 0 Å². The van der Waals surface area contributed by atoms with Crippen molar-refractivity contribution >= 4 is 28.9 Å². The summed E-state index contributed by atoms with van der Waals surface area (Å²) in [5.41, 5.74) is 5.12. The first-order valence-electron chi connectivity index (χ1n) is 2.89. The van der Waals surface area contributed by atoms with Gasteiger partial charge in [0.05, 0.1) is 10.9 Å². The number of hydrogen-bond acceptors (Lipinski definition) is 5. The van der Waals surface area contributed by atoms with Crippen LogP contribution in [0.5, 0.6) is 0 Å². The lowest BCUT2D eigenvalue weighted by Gasteiger charge is -1.96. The standard InChI is InChI=1S/C6H5NO2.CHNS/c7-5-3-4(8)1-2-6(5)9;2-1-3/h1-3H,7H2;2H. The molecule has 0 amide bonds. The van der Waals surface area contributed by atoms with Gasteiger partial charge in [-0.3, -0.25) is 9.59 Å². The van der Waals surface area contributed by atoms with Crippen LogP contribution < -0.4 is 5.73 Å². The Balaban J connectivity index is 0.000000354. The van der Waals surface area contributed by atoms with Gasteiger partial charge in [-0.15, -0.1) is 0 Å². The van der Waals surface area contributed by atoms with E-state index in [0.717, 1.165) is 12.2 Å². The molecule has 0 atom stereocenters. The number of allylic oxidation sites excluding steroid dienone is 3. The number of thiocarbonyl (C=S) groups is 1. The normalized spacial score (nSPS) is 14.2. The zero-order valence-electron chi connectivity index (χ0n) is 6.03. The molecular formula is C7H6N2O2S. The lowest BCUT2D eigenvalue weighted by atomic mass is 10.1. The molecule has 0 aliphatic heterocycles. The van der Waals surface area contributed by atoms with Gasteiger partial charge >= 0.3 is 0 Å². The highest BCUT2D eigenvalue weighted by Gasteiger charge is 2.07. The lowest BCUT2D eigenvalue weighted by molar-refractivity contribution is -0.114. The molecule has 0 heterocycles. The van der Waals surface area contributed by atoms with Crippen LogP contribution in [0.4, 0.5) is 0 Å². The van der Waals surface area contributed by atoms with Gasteiger partial charge in [0.15, 0.2) is 5.78 Å². The van der Waals surface area contributed by atoms with E-state index in [2.05, 4.69) is 12.2 Å². The van der Waals surface area contributed by atoms with E-state index >= 15 is 0 Å². The van der Waals surface area contributed by atoms with Gasteiger partial charge in [-0.2, -0.15) is 0 Å². The molecule has 0 unspecified atom stereocenters. The largest absolute Gasteiger partial charge is 0.395 e. The summed E-state index contributed by atoms with van der Waals surface area (Å²) in [7, 11) is 0. The second-order valence-electron chi connectivity index (χ2n) is 1.80. The van der Waals surface area contributed by atoms with Crippen LogP contribution in [0.15, 0.2) is 23.9 Å². The van der Waals surface area contributed by atoms with Gasteiger partial charge in [-0.25, -0.2) is 5.41 Å². The number of hydrogen-bond donors (Lipinski definition) is 2. The maximum Gasteiger partial charge on any atom is 0.201 e. The van der Waals surface area contributed by atoms with Crippen LogP contribution in [0.3, 0.4) is 0 Å². The number of carbonyl (C=O) groups is 2. The van der Waals surface area contributed by atoms with Gasteiger partial charge in [-0.05, 0) is 24.4 Å². The zero-order chi connectivity index (χ0) is 9.56. The van der Waals surface area contributed by atoms with Crippen LogP contribution >= 0.6 is 12.2 Å². The lowest BCUT2D eigenvalue weighted by Crippen LogP contribution is -2.14. The third-order valence-electron chi connectivity index (χ3n) is 0.981. The molecule has 0 aromatic heterocycles. The average Bonchev–Trinajstić information content (AvgIpc) is 1.99. The molecule has 12 heavy (non-hydrogen) atoms. The SMILES string of the molecule is N=C=S.NC1=CC(=O)C=CC1=O. The Morgan fingerprint density at radius 2 is 1.92 bits per heavy atom. The third kappa shape index (κ3) is 3.55. The maximum absolute atomic E-state index is 10.5. The number of rotatable bonds is 0. The molecule has 0 saturated carbocycles. The number of nitrogens with two attached hydrogens (primary N) is 1. The van der Waals surface area contributed by atoms with Crippen molar-refractivity contribution in [2.45, 2.75) is 0 Å². The number of carbonyl (C=O) groups excluding carboxylic acids is 2. The van der Waals surface area contributed by atoms with Crippen LogP contribution in [-0.4, -0.2) is 16.7 Å². The Labute approximate surface area is 74.3 Å². The highest BCUT2D eigenvalue weighted by atomic mass is 32.1. The topological polar surface area (TPSA) is 84.0 Å². The predicted octanol–water partition coefficient (Wildman–Crippen LogP) is 0.205. The van der Waals surface area contributed by atoms with Gasteiger partial charge in [0, 0.05) is 6.08 Å². The fraction of sp³-hybridized carbons (Fsp3) is 0.